The zero-order valence-electron chi connectivity index (χ0n) is 32.3. The van der Waals surface area contributed by atoms with Gasteiger partial charge in [-0.1, -0.05) is 111 Å². The van der Waals surface area contributed by atoms with Gasteiger partial charge in [-0.05, 0) is 95.3 Å². The van der Waals surface area contributed by atoms with Gasteiger partial charge in [-0.15, -0.1) is 0 Å². The van der Waals surface area contributed by atoms with Crippen LogP contribution in [0.2, 0.25) is 0 Å². The summed E-state index contributed by atoms with van der Waals surface area (Å²) in [6.45, 7) is 19.4. The summed E-state index contributed by atoms with van der Waals surface area (Å²) in [7, 11) is 0. The normalized spacial score (nSPS) is 15.2. The second-order valence-electron chi connectivity index (χ2n) is 16.6. The molecule has 0 saturated heterocycles. The van der Waals surface area contributed by atoms with E-state index in [1.54, 1.807) is 0 Å². The number of anilines is 1. The van der Waals surface area contributed by atoms with Crippen molar-refractivity contribution in [2.45, 2.75) is 97.9 Å². The molecule has 52 heavy (non-hydrogen) atoms. The molecular formula is C47H54N4O. The molecule has 6 aromatic rings. The summed E-state index contributed by atoms with van der Waals surface area (Å²) in [5, 5.41) is 2.37. The Balaban J connectivity index is 1.29. The molecule has 0 spiro atoms. The molecule has 0 fully saturated rings. The van der Waals surface area contributed by atoms with Crippen molar-refractivity contribution in [3.63, 3.8) is 0 Å². The van der Waals surface area contributed by atoms with Crippen molar-refractivity contribution in [2.24, 2.45) is 10.9 Å². The fourth-order valence-electron chi connectivity index (χ4n) is 7.74. The minimum atomic E-state index is 0.0243. The first kappa shape index (κ1) is 35.5. The molecule has 0 aliphatic carbocycles. The molecule has 0 N–H and O–H groups in total. The molecule has 1 aliphatic rings. The molecule has 1 atom stereocenters. The minimum absolute atomic E-state index is 0.0243. The van der Waals surface area contributed by atoms with E-state index in [4.69, 9.17) is 14.7 Å². The van der Waals surface area contributed by atoms with Crippen molar-refractivity contribution in [1.29, 1.82) is 0 Å². The number of aromatic nitrogens is 2. The molecule has 0 bridgehead atoms. The summed E-state index contributed by atoms with van der Waals surface area (Å²) >= 11 is 0. The van der Waals surface area contributed by atoms with Gasteiger partial charge in [0, 0.05) is 40.8 Å². The molecule has 0 saturated carbocycles. The first-order chi connectivity index (χ1) is 24.9. The number of amidine groups is 1. The number of nitrogens with zero attached hydrogens (tertiary/aromatic N) is 4. The molecule has 4 aromatic carbocycles. The SMILES string of the molecule is CCCC(CCC)[C@@H]1CN(c2cc(C(C)(C)C)cc(C(C)(C)C)c2)C(c2cccc(Oc3ccc4c5ccccc5n(-c5ccccn5)c4c3)c2)=N1. The van der Waals surface area contributed by atoms with Crippen LogP contribution in [0.15, 0.2) is 114 Å². The van der Waals surface area contributed by atoms with Crippen LogP contribution in [0, 0.1) is 5.92 Å². The van der Waals surface area contributed by atoms with Gasteiger partial charge in [0.2, 0.25) is 0 Å². The number of fused-ring (bicyclic) bond motifs is 3. The largest absolute Gasteiger partial charge is 0.457 e. The third-order valence-corrected chi connectivity index (χ3v) is 10.6. The fraction of sp³-hybridized carbons (Fsp3) is 0.362. The molecule has 7 rings (SSSR count). The fourth-order valence-corrected chi connectivity index (χ4v) is 7.74. The van der Waals surface area contributed by atoms with Crippen LogP contribution in [0.4, 0.5) is 5.69 Å². The molecule has 0 radical (unpaired) electrons. The van der Waals surface area contributed by atoms with Gasteiger partial charge in [0.25, 0.3) is 0 Å². The number of benzene rings is 4. The van der Waals surface area contributed by atoms with Gasteiger partial charge in [0.1, 0.15) is 23.2 Å². The van der Waals surface area contributed by atoms with Crippen molar-refractivity contribution in [3.05, 3.63) is 126 Å². The zero-order chi connectivity index (χ0) is 36.6. The Morgan fingerprint density at radius 1 is 0.692 bits per heavy atom. The van der Waals surface area contributed by atoms with Crippen molar-refractivity contribution in [1.82, 2.24) is 9.55 Å². The lowest BCUT2D eigenvalue weighted by atomic mass is 9.80. The lowest BCUT2D eigenvalue weighted by Gasteiger charge is -2.30. The Morgan fingerprint density at radius 2 is 1.37 bits per heavy atom. The summed E-state index contributed by atoms with van der Waals surface area (Å²) < 4.78 is 8.91. The van der Waals surface area contributed by atoms with Gasteiger partial charge >= 0.3 is 0 Å². The van der Waals surface area contributed by atoms with Gasteiger partial charge in [-0.25, -0.2) is 4.98 Å². The van der Waals surface area contributed by atoms with E-state index in [9.17, 15) is 0 Å². The Kier molecular flexibility index (Phi) is 9.73. The van der Waals surface area contributed by atoms with Gasteiger partial charge < -0.3 is 9.64 Å². The van der Waals surface area contributed by atoms with Gasteiger partial charge in [-0.2, -0.15) is 0 Å². The smallest absolute Gasteiger partial charge is 0.137 e. The number of aliphatic imine (C=N–C) groups is 1. The van der Waals surface area contributed by atoms with E-state index in [-0.39, 0.29) is 16.9 Å². The van der Waals surface area contributed by atoms with Crippen LogP contribution < -0.4 is 9.64 Å². The maximum Gasteiger partial charge on any atom is 0.137 e. The highest BCUT2D eigenvalue weighted by Gasteiger charge is 2.33. The Labute approximate surface area is 310 Å². The number of pyridine rings is 1. The number of para-hydroxylation sites is 1. The summed E-state index contributed by atoms with van der Waals surface area (Å²) in [5.74, 6) is 4.05. The highest BCUT2D eigenvalue weighted by Crippen LogP contribution is 2.38. The molecule has 5 nitrogen and oxygen atoms in total. The quantitative estimate of drug-likeness (QED) is 0.144. The summed E-state index contributed by atoms with van der Waals surface area (Å²) in [5.41, 5.74) is 7.25. The molecule has 3 heterocycles. The maximum absolute atomic E-state index is 6.69. The van der Waals surface area contributed by atoms with Crippen LogP contribution in [0.5, 0.6) is 11.5 Å². The summed E-state index contributed by atoms with van der Waals surface area (Å²) in [6, 6.07) is 36.9. The van der Waals surface area contributed by atoms with Crippen molar-refractivity contribution < 1.29 is 4.74 Å². The number of hydrogen-bond acceptors (Lipinski definition) is 4. The van der Waals surface area contributed by atoms with E-state index in [0.717, 1.165) is 46.3 Å². The van der Waals surface area contributed by atoms with Crippen LogP contribution in [-0.4, -0.2) is 28.0 Å². The Hall–Kier alpha value is -4.90. The Bertz CT molecular complexity index is 2180. The van der Waals surface area contributed by atoms with E-state index in [1.165, 1.54) is 53.3 Å². The number of hydrogen-bond donors (Lipinski definition) is 0. The molecule has 0 amide bonds. The van der Waals surface area contributed by atoms with Crippen molar-refractivity contribution in [3.8, 4) is 17.3 Å². The molecular weight excluding hydrogens is 637 g/mol. The van der Waals surface area contributed by atoms with Crippen LogP contribution >= 0.6 is 0 Å². The van der Waals surface area contributed by atoms with Crippen LogP contribution in [-0.2, 0) is 10.8 Å². The third kappa shape index (κ3) is 7.11. The van der Waals surface area contributed by atoms with Crippen molar-refractivity contribution >= 4 is 33.3 Å². The van der Waals surface area contributed by atoms with E-state index in [0.29, 0.717) is 5.92 Å². The highest BCUT2D eigenvalue weighted by atomic mass is 16.5. The molecule has 0 unspecified atom stereocenters. The van der Waals surface area contributed by atoms with E-state index >= 15 is 0 Å². The minimum Gasteiger partial charge on any atom is -0.457 e. The predicted molar refractivity (Wildman–Crippen MR) is 220 cm³/mol. The standard InChI is InChI=1S/C47H54N4O/c1-9-16-32(17-10-2)41-31-50(36-28-34(46(3,4)5)27-35(29-36)47(6,7)8)45(49-41)33-18-15-19-37(26-33)52-38-23-24-40-39-20-11-12-21-42(39)51(43(40)30-38)44-22-13-14-25-48-44/h11-15,18-30,32,41H,9-10,16-17,31H2,1-8H3/t41-/m0/s1. The monoisotopic (exact) mass is 690 g/mol. The first-order valence-electron chi connectivity index (χ1n) is 19.2. The lowest BCUT2D eigenvalue weighted by Crippen LogP contribution is -2.32. The van der Waals surface area contributed by atoms with Gasteiger partial charge in [0.15, 0.2) is 0 Å². The first-order valence-corrected chi connectivity index (χ1v) is 19.2. The predicted octanol–water partition coefficient (Wildman–Crippen LogP) is 12.4. The van der Waals surface area contributed by atoms with E-state index < -0.39 is 0 Å². The second kappa shape index (κ2) is 14.3. The molecule has 5 heteroatoms. The maximum atomic E-state index is 6.69. The topological polar surface area (TPSA) is 42.6 Å². The molecule has 1 aliphatic heterocycles. The highest BCUT2D eigenvalue weighted by molar-refractivity contribution is 6.12. The average Bonchev–Trinajstić information content (AvgIpc) is 3.71. The summed E-state index contributed by atoms with van der Waals surface area (Å²) in [6.07, 6.45) is 6.58. The van der Waals surface area contributed by atoms with Gasteiger partial charge in [0.05, 0.1) is 17.1 Å². The van der Waals surface area contributed by atoms with Gasteiger partial charge in [-0.3, -0.25) is 9.56 Å². The van der Waals surface area contributed by atoms with Crippen LogP contribution in [0.25, 0.3) is 27.6 Å². The lowest BCUT2D eigenvalue weighted by molar-refractivity contribution is 0.377. The van der Waals surface area contributed by atoms with Crippen LogP contribution in [0.1, 0.15) is 97.8 Å². The number of ether oxygens (including phenoxy) is 1. The Morgan fingerprint density at radius 3 is 2.04 bits per heavy atom. The van der Waals surface area contributed by atoms with E-state index in [1.807, 2.05) is 24.4 Å². The summed E-state index contributed by atoms with van der Waals surface area (Å²) in [4.78, 5) is 12.8. The van der Waals surface area contributed by atoms with Crippen molar-refractivity contribution in [2.75, 3.05) is 11.4 Å². The molecule has 2 aromatic heterocycles. The zero-order valence-corrected chi connectivity index (χ0v) is 32.3. The third-order valence-electron chi connectivity index (χ3n) is 10.6. The van der Waals surface area contributed by atoms with Crippen LogP contribution in [0.3, 0.4) is 0 Å². The van der Waals surface area contributed by atoms with E-state index in [2.05, 4.69) is 150 Å². The second-order valence-corrected chi connectivity index (χ2v) is 16.6. The average molecular weight is 691 g/mol. The molecule has 268 valence electrons. The number of rotatable bonds is 10.